The molecule has 0 aliphatic carbocycles. The number of aryl methyl sites for hydroxylation is 1. The monoisotopic (exact) mass is 183 g/mol. The topological polar surface area (TPSA) is 50.1 Å². The van der Waals surface area contributed by atoms with Gasteiger partial charge in [0, 0.05) is 31.4 Å². The predicted molar refractivity (Wildman–Crippen MR) is 51.3 cm³/mol. The summed E-state index contributed by atoms with van der Waals surface area (Å²) in [6, 6.07) is 0.306. The van der Waals surface area contributed by atoms with Crippen molar-refractivity contribution in [2.24, 2.45) is 7.05 Å². The zero-order valence-electron chi connectivity index (χ0n) is 8.20. The molecule has 1 aromatic heterocycles. The summed E-state index contributed by atoms with van der Waals surface area (Å²) in [5.41, 5.74) is 1.18. The number of hydrogen-bond acceptors (Lipinski definition) is 3. The van der Waals surface area contributed by atoms with Crippen LogP contribution in [0.4, 0.5) is 0 Å². The van der Waals surface area contributed by atoms with E-state index in [0.717, 1.165) is 6.42 Å². The third-order valence-corrected chi connectivity index (χ3v) is 2.04. The van der Waals surface area contributed by atoms with Crippen molar-refractivity contribution in [3.05, 3.63) is 18.0 Å². The first-order valence-corrected chi connectivity index (χ1v) is 4.60. The van der Waals surface area contributed by atoms with Gasteiger partial charge in [0.1, 0.15) is 0 Å². The summed E-state index contributed by atoms with van der Waals surface area (Å²) >= 11 is 0. The van der Waals surface area contributed by atoms with Gasteiger partial charge in [0.2, 0.25) is 0 Å². The van der Waals surface area contributed by atoms with Crippen molar-refractivity contribution >= 4 is 0 Å². The van der Waals surface area contributed by atoms with Gasteiger partial charge in [-0.05, 0) is 6.42 Å². The summed E-state index contributed by atoms with van der Waals surface area (Å²) in [5, 5.41) is 16.0. The van der Waals surface area contributed by atoms with Crippen molar-refractivity contribution < 1.29 is 5.11 Å². The number of rotatable bonds is 5. The van der Waals surface area contributed by atoms with E-state index >= 15 is 0 Å². The summed E-state index contributed by atoms with van der Waals surface area (Å²) in [4.78, 5) is 0. The summed E-state index contributed by atoms with van der Waals surface area (Å²) < 4.78 is 1.79. The lowest BCUT2D eigenvalue weighted by Gasteiger charge is -2.13. The molecule has 0 saturated heterocycles. The van der Waals surface area contributed by atoms with Crippen LogP contribution in [-0.2, 0) is 7.05 Å². The van der Waals surface area contributed by atoms with E-state index in [1.165, 1.54) is 5.56 Å². The average molecular weight is 183 g/mol. The van der Waals surface area contributed by atoms with E-state index in [-0.39, 0.29) is 6.61 Å². The van der Waals surface area contributed by atoms with Crippen LogP contribution in [-0.4, -0.2) is 28.0 Å². The molecule has 0 radical (unpaired) electrons. The van der Waals surface area contributed by atoms with Gasteiger partial charge in [0.25, 0.3) is 0 Å². The molecule has 13 heavy (non-hydrogen) atoms. The largest absolute Gasteiger partial charge is 0.395 e. The number of aliphatic hydroxyl groups is 1. The molecule has 0 aromatic carbocycles. The third kappa shape index (κ3) is 2.82. The molecule has 0 saturated carbocycles. The average Bonchev–Trinajstić information content (AvgIpc) is 2.54. The molecule has 74 valence electrons. The molecule has 0 fully saturated rings. The molecule has 0 aliphatic heterocycles. The Morgan fingerprint density at radius 3 is 2.92 bits per heavy atom. The maximum atomic E-state index is 8.68. The summed E-state index contributed by atoms with van der Waals surface area (Å²) in [6.07, 6.45) is 4.86. The zero-order chi connectivity index (χ0) is 9.68. The van der Waals surface area contributed by atoms with Crippen LogP contribution in [0.1, 0.15) is 24.9 Å². The van der Waals surface area contributed by atoms with E-state index in [4.69, 9.17) is 5.11 Å². The van der Waals surface area contributed by atoms with Gasteiger partial charge in [-0.3, -0.25) is 4.68 Å². The first-order valence-electron chi connectivity index (χ1n) is 4.60. The van der Waals surface area contributed by atoms with Crippen molar-refractivity contribution in [3.8, 4) is 0 Å². The van der Waals surface area contributed by atoms with Crippen LogP contribution in [0.25, 0.3) is 0 Å². The Labute approximate surface area is 78.6 Å². The molecule has 1 heterocycles. The smallest absolute Gasteiger partial charge is 0.0556 e. The fourth-order valence-electron chi connectivity index (χ4n) is 1.36. The molecule has 0 bridgehead atoms. The van der Waals surface area contributed by atoms with Crippen molar-refractivity contribution in [1.29, 1.82) is 0 Å². The van der Waals surface area contributed by atoms with E-state index < -0.39 is 0 Å². The minimum absolute atomic E-state index is 0.177. The number of nitrogens with one attached hydrogen (secondary N) is 1. The van der Waals surface area contributed by atoms with E-state index in [1.807, 2.05) is 19.4 Å². The highest BCUT2D eigenvalue weighted by Crippen LogP contribution is 2.14. The third-order valence-electron chi connectivity index (χ3n) is 2.04. The summed E-state index contributed by atoms with van der Waals surface area (Å²) in [5.74, 6) is 0. The normalized spacial score (nSPS) is 13.2. The first kappa shape index (κ1) is 10.2. The predicted octanol–water partition coefficient (Wildman–Crippen LogP) is 0.453. The van der Waals surface area contributed by atoms with E-state index in [9.17, 15) is 0 Å². The lowest BCUT2D eigenvalue weighted by atomic mass is 10.1. The fourth-order valence-corrected chi connectivity index (χ4v) is 1.36. The highest BCUT2D eigenvalue weighted by atomic mass is 16.3. The minimum atomic E-state index is 0.177. The lowest BCUT2D eigenvalue weighted by Crippen LogP contribution is -2.23. The Balaban J connectivity index is 2.56. The molecular weight excluding hydrogens is 166 g/mol. The highest BCUT2D eigenvalue weighted by molar-refractivity contribution is 5.09. The molecule has 1 rings (SSSR count). The van der Waals surface area contributed by atoms with E-state index in [0.29, 0.717) is 12.6 Å². The molecular formula is C9H17N3O. The van der Waals surface area contributed by atoms with Crippen molar-refractivity contribution in [2.45, 2.75) is 19.4 Å². The van der Waals surface area contributed by atoms with Crippen molar-refractivity contribution in [3.63, 3.8) is 0 Å². The Morgan fingerprint density at radius 2 is 2.46 bits per heavy atom. The number of nitrogens with zero attached hydrogens (tertiary/aromatic N) is 2. The molecule has 0 spiro atoms. The highest BCUT2D eigenvalue weighted by Gasteiger charge is 2.09. The van der Waals surface area contributed by atoms with Crippen LogP contribution in [0, 0.1) is 0 Å². The van der Waals surface area contributed by atoms with Gasteiger partial charge in [-0.1, -0.05) is 6.92 Å². The quantitative estimate of drug-likeness (QED) is 0.697. The van der Waals surface area contributed by atoms with E-state index in [1.54, 1.807) is 4.68 Å². The Hall–Kier alpha value is -0.870. The number of aliphatic hydroxyl groups excluding tert-OH is 1. The maximum Gasteiger partial charge on any atom is 0.0556 e. The summed E-state index contributed by atoms with van der Waals surface area (Å²) in [7, 11) is 1.91. The van der Waals surface area contributed by atoms with E-state index in [2.05, 4.69) is 17.3 Å². The second kappa shape index (κ2) is 4.99. The van der Waals surface area contributed by atoms with Gasteiger partial charge in [-0.15, -0.1) is 0 Å². The molecule has 2 N–H and O–H groups in total. The van der Waals surface area contributed by atoms with Crippen LogP contribution in [0.15, 0.2) is 12.4 Å². The van der Waals surface area contributed by atoms with Crippen LogP contribution in [0.2, 0.25) is 0 Å². The van der Waals surface area contributed by atoms with Crippen LogP contribution >= 0.6 is 0 Å². The molecule has 0 aliphatic rings. The Kier molecular flexibility index (Phi) is 3.92. The standard InChI is InChI=1S/C9H17N3O/c1-3-9(10-4-5-13)8-6-11-12(2)7-8/h6-7,9-10,13H,3-5H2,1-2H3. The second-order valence-electron chi connectivity index (χ2n) is 3.09. The van der Waals surface area contributed by atoms with Gasteiger partial charge < -0.3 is 10.4 Å². The van der Waals surface area contributed by atoms with Crippen LogP contribution < -0.4 is 5.32 Å². The SMILES string of the molecule is CCC(NCCO)c1cnn(C)c1. The van der Waals surface area contributed by atoms with Crippen molar-refractivity contribution in [1.82, 2.24) is 15.1 Å². The Bertz CT molecular complexity index is 247. The number of aromatic nitrogens is 2. The molecule has 4 heteroatoms. The van der Waals surface area contributed by atoms with Gasteiger partial charge in [-0.25, -0.2) is 0 Å². The first-order chi connectivity index (χ1) is 6.27. The number of hydrogen-bond donors (Lipinski definition) is 2. The molecule has 4 nitrogen and oxygen atoms in total. The van der Waals surface area contributed by atoms with Gasteiger partial charge in [-0.2, -0.15) is 5.10 Å². The van der Waals surface area contributed by atoms with Gasteiger partial charge in [0.05, 0.1) is 12.8 Å². The van der Waals surface area contributed by atoms with Crippen molar-refractivity contribution in [2.75, 3.05) is 13.2 Å². The zero-order valence-corrected chi connectivity index (χ0v) is 8.20. The minimum Gasteiger partial charge on any atom is -0.395 e. The van der Waals surface area contributed by atoms with Gasteiger partial charge >= 0.3 is 0 Å². The van der Waals surface area contributed by atoms with Gasteiger partial charge in [0.15, 0.2) is 0 Å². The maximum absolute atomic E-state index is 8.68. The molecule has 0 amide bonds. The molecule has 1 unspecified atom stereocenters. The molecule has 1 atom stereocenters. The Morgan fingerprint density at radius 1 is 1.69 bits per heavy atom. The lowest BCUT2D eigenvalue weighted by molar-refractivity contribution is 0.283. The second-order valence-corrected chi connectivity index (χ2v) is 3.09. The van der Waals surface area contributed by atoms with Crippen LogP contribution in [0.5, 0.6) is 0 Å². The fraction of sp³-hybridized carbons (Fsp3) is 0.667. The molecule has 1 aromatic rings. The van der Waals surface area contributed by atoms with Crippen LogP contribution in [0.3, 0.4) is 0 Å². The summed E-state index contributed by atoms with van der Waals surface area (Å²) in [6.45, 7) is 2.92.